The van der Waals surface area contributed by atoms with Crippen molar-refractivity contribution in [3.8, 4) is 22.3 Å². The highest BCUT2D eigenvalue weighted by Crippen LogP contribution is 2.65. The number of hydrogen-bond acceptors (Lipinski definition) is 2. The normalized spacial score (nSPS) is 14.4. The highest BCUT2D eigenvalue weighted by Gasteiger charge is 2.52. The smallest absolute Gasteiger partial charge is 0.0742 e. The van der Waals surface area contributed by atoms with E-state index in [2.05, 4.69) is 412 Å². The van der Waals surface area contributed by atoms with Gasteiger partial charge in [-0.25, -0.2) is 0 Å². The number of unbranched alkanes of at least 4 members (excludes halogenated alkanes) is 2. The van der Waals surface area contributed by atoms with Gasteiger partial charge < -0.3 is 9.80 Å². The standard InChI is InChI=1S/C79H76N2.C18H14.C17H18.CH4/c1-11-13-15-57-27-39-63(40-28-57)80-73-43-25-55(7)45-69(73)78(59-31-17-51(3)18-32-59,60-33-19-52(4)20-34-60)71-47-65-66-48-72-76(50-68(66)77(9,10)67(65)49-75(71)80)81(64-41-29-58(30-42-64)16-14-12-2)74-44-26-56(8)46-70(74)79(72,61-35-21-53(5)22-36-61)62-37-23-54(6)24-38-62;1-11-3-5-13-8-10-16-12(2)4-6-14-7-9-15(11)17(13)18(14)16;1-11-5-7-13-14-8-6-12(2)10-16(14)17(3,4)15(13)9-11;/h17-50H,11-16H2,1-10H3;3-10H,1-2H3;5-10H,1-4H3;1H4. The fourth-order valence-electron chi connectivity index (χ4n) is 20.4. The van der Waals surface area contributed by atoms with Crippen molar-refractivity contribution in [2.45, 2.75) is 178 Å². The molecule has 0 bridgehead atoms. The van der Waals surface area contributed by atoms with Crippen molar-refractivity contribution in [1.82, 2.24) is 0 Å². The van der Waals surface area contributed by atoms with Gasteiger partial charge in [-0.1, -0.05) is 337 Å². The van der Waals surface area contributed by atoms with E-state index in [1.54, 1.807) is 0 Å². The molecule has 0 fully saturated rings. The van der Waals surface area contributed by atoms with Gasteiger partial charge in [-0.05, 0) is 299 Å². The molecule has 0 aromatic heterocycles. The van der Waals surface area contributed by atoms with Gasteiger partial charge in [-0.2, -0.15) is 0 Å². The van der Waals surface area contributed by atoms with Crippen molar-refractivity contribution in [3.63, 3.8) is 0 Å². The molecule has 0 radical (unpaired) electrons. The van der Waals surface area contributed by atoms with Crippen LogP contribution in [-0.4, -0.2) is 0 Å². The summed E-state index contributed by atoms with van der Waals surface area (Å²) in [5, 5.41) is 8.31. The van der Waals surface area contributed by atoms with E-state index in [1.807, 2.05) is 0 Å². The van der Waals surface area contributed by atoms with Gasteiger partial charge in [0.1, 0.15) is 0 Å². The average Bonchev–Trinajstić information content (AvgIpc) is 1.66. The largest absolute Gasteiger partial charge is 0.310 e. The van der Waals surface area contributed by atoms with E-state index in [0.29, 0.717) is 0 Å². The van der Waals surface area contributed by atoms with E-state index in [0.717, 1.165) is 12.8 Å². The molecule has 0 N–H and O–H groups in total. The highest BCUT2D eigenvalue weighted by atomic mass is 15.2. The lowest BCUT2D eigenvalue weighted by molar-refractivity contribution is 0.656. The third kappa shape index (κ3) is 12.7. The SMILES string of the molecule is C.CCCCc1ccc(N2c3ccc(C)cc3C(c3ccc(C)cc3)(c3ccc(C)cc3)c3cc4c(cc32)C(C)(C)c2cc3c(cc2-4)C(c2ccc(C)cc2)(c2ccc(C)cc2)c2cc(C)ccc2N3c2ccc(CCCC)cc2)cc1.Cc1ccc2c(c1)C(C)(C)c1cc(C)ccc1-2.Cc1ccc2ccc3c(C)ccc4ccc1c2c43. The highest BCUT2D eigenvalue weighted by molar-refractivity contribution is 6.24. The van der Waals surface area contributed by atoms with Crippen LogP contribution in [0.1, 0.15) is 208 Å². The third-order valence-electron chi connectivity index (χ3n) is 26.8. The second-order valence-corrected chi connectivity index (χ2v) is 35.6. The molecule has 16 aromatic rings. The molecule has 0 spiro atoms. The quantitative estimate of drug-likeness (QED) is 0.113. The molecular formula is C115H112N2. The molecule has 4 aliphatic rings. The van der Waals surface area contributed by atoms with E-state index in [-0.39, 0.29) is 18.3 Å². The van der Waals surface area contributed by atoms with Crippen LogP contribution < -0.4 is 9.80 Å². The predicted octanol–water partition coefficient (Wildman–Crippen LogP) is 31.3. The second kappa shape index (κ2) is 30.0. The number of aryl methyl sites for hydroxylation is 12. The van der Waals surface area contributed by atoms with Gasteiger partial charge in [0.2, 0.25) is 0 Å². The summed E-state index contributed by atoms with van der Waals surface area (Å²) in [6.45, 7) is 36.3. The van der Waals surface area contributed by atoms with Crippen LogP contribution in [0.2, 0.25) is 0 Å². The fraction of sp³-hybridized carbons (Fsp3) is 0.235. The first-order chi connectivity index (χ1) is 56.0. The van der Waals surface area contributed by atoms with Crippen LogP contribution in [-0.2, 0) is 34.5 Å². The minimum absolute atomic E-state index is 0. The first-order valence-corrected chi connectivity index (χ1v) is 42.5. The van der Waals surface area contributed by atoms with Gasteiger partial charge in [0.05, 0.1) is 33.6 Å². The van der Waals surface area contributed by atoms with E-state index >= 15 is 0 Å². The lowest BCUT2D eigenvalue weighted by Crippen LogP contribution is -2.38. The van der Waals surface area contributed by atoms with Crippen LogP contribution in [0.4, 0.5) is 34.1 Å². The second-order valence-electron chi connectivity index (χ2n) is 35.6. The number of rotatable bonds is 12. The Morgan fingerprint density at radius 2 is 0.530 bits per heavy atom. The average molecular weight is 1520 g/mol. The van der Waals surface area contributed by atoms with Crippen LogP contribution in [0.15, 0.2) is 291 Å². The van der Waals surface area contributed by atoms with Gasteiger partial charge in [0.25, 0.3) is 0 Å². The number of hydrogen-bond donors (Lipinski definition) is 0. The van der Waals surface area contributed by atoms with Crippen LogP contribution in [0.5, 0.6) is 0 Å². The molecular weight excluding hydrogens is 1410 g/mol. The Labute approximate surface area is 697 Å². The zero-order valence-corrected chi connectivity index (χ0v) is 70.8. The number of benzene rings is 16. The number of nitrogens with zero attached hydrogens (tertiary/aromatic N) is 2. The first-order valence-electron chi connectivity index (χ1n) is 42.5. The zero-order valence-electron chi connectivity index (χ0n) is 70.8. The molecule has 0 saturated heterocycles. The molecule has 582 valence electrons. The van der Waals surface area contributed by atoms with Gasteiger partial charge in [0.15, 0.2) is 0 Å². The maximum atomic E-state index is 2.66. The molecule has 20 rings (SSSR count). The van der Waals surface area contributed by atoms with Crippen molar-refractivity contribution >= 4 is 66.4 Å². The summed E-state index contributed by atoms with van der Waals surface area (Å²) in [5.41, 5.74) is 42.6. The van der Waals surface area contributed by atoms with Crippen LogP contribution in [0, 0.1) is 69.2 Å². The van der Waals surface area contributed by atoms with E-state index in [1.165, 1.54) is 248 Å². The van der Waals surface area contributed by atoms with Crippen LogP contribution in [0.3, 0.4) is 0 Å². The van der Waals surface area contributed by atoms with Crippen molar-refractivity contribution < 1.29 is 0 Å². The van der Waals surface area contributed by atoms with E-state index < -0.39 is 10.8 Å². The van der Waals surface area contributed by atoms with Crippen LogP contribution in [0.25, 0.3) is 54.6 Å². The molecule has 0 saturated carbocycles. The topological polar surface area (TPSA) is 6.48 Å². The summed E-state index contributed by atoms with van der Waals surface area (Å²) in [6, 6.07) is 113. The van der Waals surface area contributed by atoms with Gasteiger partial charge >= 0.3 is 0 Å². The minimum atomic E-state index is -0.671. The molecule has 16 aromatic carbocycles. The molecule has 2 aliphatic heterocycles. The summed E-state index contributed by atoms with van der Waals surface area (Å²) >= 11 is 0. The van der Waals surface area contributed by atoms with E-state index in [4.69, 9.17) is 0 Å². The lowest BCUT2D eigenvalue weighted by atomic mass is 9.61. The molecule has 2 aliphatic carbocycles. The van der Waals surface area contributed by atoms with Gasteiger partial charge in [-0.15, -0.1) is 0 Å². The molecule has 2 heterocycles. The summed E-state index contributed by atoms with van der Waals surface area (Å²) < 4.78 is 0. The minimum Gasteiger partial charge on any atom is -0.310 e. The molecule has 2 nitrogen and oxygen atoms in total. The predicted molar refractivity (Wildman–Crippen MR) is 503 cm³/mol. The molecule has 0 atom stereocenters. The van der Waals surface area contributed by atoms with Crippen molar-refractivity contribution in [3.05, 3.63) is 425 Å². The Hall–Kier alpha value is -11.8. The van der Waals surface area contributed by atoms with Crippen molar-refractivity contribution in [2.75, 3.05) is 9.80 Å². The van der Waals surface area contributed by atoms with E-state index in [9.17, 15) is 0 Å². The summed E-state index contributed by atoms with van der Waals surface area (Å²) in [5.74, 6) is 0. The summed E-state index contributed by atoms with van der Waals surface area (Å²) in [7, 11) is 0. The van der Waals surface area contributed by atoms with Gasteiger partial charge in [-0.3, -0.25) is 0 Å². The Kier molecular flexibility index (Phi) is 19.9. The number of fused-ring (bicyclic) bond motifs is 10. The van der Waals surface area contributed by atoms with Crippen molar-refractivity contribution in [2.24, 2.45) is 0 Å². The summed E-state index contributed by atoms with van der Waals surface area (Å²) in [4.78, 5) is 5.20. The fourth-order valence-corrected chi connectivity index (χ4v) is 20.4. The maximum absolute atomic E-state index is 2.66. The van der Waals surface area contributed by atoms with Crippen molar-refractivity contribution in [1.29, 1.82) is 0 Å². The Bertz CT molecular complexity index is 6000. The Morgan fingerprint density at radius 3 is 0.855 bits per heavy atom. The summed E-state index contributed by atoms with van der Waals surface area (Å²) in [6.07, 6.45) is 6.88. The maximum Gasteiger partial charge on any atom is 0.0742 e. The lowest BCUT2D eigenvalue weighted by Gasteiger charge is -2.47. The Balaban J connectivity index is 0.000000221. The molecule has 0 amide bonds. The monoisotopic (exact) mass is 1520 g/mol. The Morgan fingerprint density at radius 1 is 0.248 bits per heavy atom. The van der Waals surface area contributed by atoms with Gasteiger partial charge in [0, 0.05) is 22.2 Å². The van der Waals surface area contributed by atoms with Crippen LogP contribution >= 0.6 is 0 Å². The molecule has 117 heavy (non-hydrogen) atoms. The molecule has 0 unspecified atom stereocenters. The third-order valence-corrected chi connectivity index (χ3v) is 26.8. The first kappa shape index (κ1) is 77.7. The zero-order chi connectivity index (χ0) is 80.4. The molecule has 2 heteroatoms. The number of anilines is 6.